The number of hydrogen-bond donors (Lipinski definition) is 2. The average molecular weight is 338 g/mol. The van der Waals surface area contributed by atoms with E-state index in [2.05, 4.69) is 29.4 Å². The van der Waals surface area contributed by atoms with E-state index in [9.17, 15) is 5.11 Å². The Hall–Kier alpha value is -2.56. The number of nitrogens with one attached hydrogen (secondary N) is 1. The lowest BCUT2D eigenvalue weighted by molar-refractivity contribution is 0.466. The molecule has 0 saturated carbocycles. The van der Waals surface area contributed by atoms with E-state index in [-0.39, 0.29) is 5.75 Å². The summed E-state index contributed by atoms with van der Waals surface area (Å²) >= 11 is 0. The van der Waals surface area contributed by atoms with Gasteiger partial charge in [-0.3, -0.25) is 0 Å². The van der Waals surface area contributed by atoms with E-state index in [4.69, 9.17) is 0 Å². The number of anilines is 1. The highest BCUT2D eigenvalue weighted by Gasteiger charge is 2.10. The van der Waals surface area contributed by atoms with Crippen molar-refractivity contribution in [1.29, 1.82) is 0 Å². The van der Waals surface area contributed by atoms with E-state index >= 15 is 0 Å². The molecule has 1 aromatic heterocycles. The first-order chi connectivity index (χ1) is 12.2. The molecule has 0 saturated heterocycles. The van der Waals surface area contributed by atoms with Gasteiger partial charge in [-0.25, -0.2) is 0 Å². The fourth-order valence-electron chi connectivity index (χ4n) is 2.98. The summed E-state index contributed by atoms with van der Waals surface area (Å²) in [6, 6.07) is 13.2. The molecule has 3 rings (SSSR count). The fraction of sp³-hybridized carbons (Fsp3) is 0.400. The van der Waals surface area contributed by atoms with E-state index in [1.54, 1.807) is 6.07 Å². The number of hydrogen-bond acceptors (Lipinski definition) is 4. The zero-order valence-corrected chi connectivity index (χ0v) is 14.9. The van der Waals surface area contributed by atoms with E-state index in [1.807, 2.05) is 36.4 Å². The summed E-state index contributed by atoms with van der Waals surface area (Å²) in [5, 5.41) is 22.7. The second kappa shape index (κ2) is 8.01. The molecule has 0 spiro atoms. The van der Waals surface area contributed by atoms with Gasteiger partial charge < -0.3 is 10.4 Å². The van der Waals surface area contributed by atoms with Gasteiger partial charge in [0.1, 0.15) is 22.5 Å². The van der Waals surface area contributed by atoms with Crippen LogP contribution in [0.15, 0.2) is 42.5 Å². The van der Waals surface area contributed by atoms with Gasteiger partial charge in [-0.05, 0) is 36.6 Å². The number of rotatable bonds is 8. The molecule has 0 fully saturated rings. The molecule has 2 N–H and O–H groups in total. The number of aromatic nitrogens is 3. The highest BCUT2D eigenvalue weighted by Crippen LogP contribution is 2.26. The molecule has 0 aliphatic heterocycles. The molecule has 2 aromatic carbocycles. The van der Waals surface area contributed by atoms with E-state index in [0.29, 0.717) is 11.6 Å². The van der Waals surface area contributed by atoms with E-state index < -0.39 is 0 Å². The number of unbranched alkanes of at least 4 members (excludes halogenated alkanes) is 1. The summed E-state index contributed by atoms with van der Waals surface area (Å²) in [5.41, 5.74) is 3.13. The van der Waals surface area contributed by atoms with Gasteiger partial charge in [0.05, 0.1) is 0 Å². The highest BCUT2D eigenvalue weighted by atomic mass is 16.3. The van der Waals surface area contributed by atoms with E-state index in [1.165, 1.54) is 30.5 Å². The predicted molar refractivity (Wildman–Crippen MR) is 102 cm³/mol. The zero-order valence-electron chi connectivity index (χ0n) is 14.9. The van der Waals surface area contributed by atoms with Crippen molar-refractivity contribution in [3.05, 3.63) is 42.5 Å². The van der Waals surface area contributed by atoms with Crippen LogP contribution in [0, 0.1) is 5.92 Å². The molecule has 0 aliphatic carbocycles. The summed E-state index contributed by atoms with van der Waals surface area (Å²) in [7, 11) is 0. The molecule has 0 bridgehead atoms. The predicted octanol–water partition coefficient (Wildman–Crippen LogP) is 4.75. The van der Waals surface area contributed by atoms with Crippen LogP contribution in [0.1, 0.15) is 39.5 Å². The largest absolute Gasteiger partial charge is 0.506 e. The Labute approximate surface area is 148 Å². The van der Waals surface area contributed by atoms with Gasteiger partial charge in [-0.15, -0.1) is 15.0 Å². The third-order valence-corrected chi connectivity index (χ3v) is 4.62. The Bertz CT molecular complexity index is 794. The van der Waals surface area contributed by atoms with Gasteiger partial charge in [0.15, 0.2) is 0 Å². The average Bonchev–Trinajstić information content (AvgIpc) is 3.05. The maximum absolute atomic E-state index is 10.4. The zero-order chi connectivity index (χ0) is 17.6. The Balaban J connectivity index is 1.72. The quantitative estimate of drug-likeness (QED) is 0.622. The van der Waals surface area contributed by atoms with Crippen molar-refractivity contribution in [3.8, 4) is 11.4 Å². The third-order valence-electron chi connectivity index (χ3n) is 4.62. The van der Waals surface area contributed by atoms with Gasteiger partial charge in [0, 0.05) is 18.3 Å². The topological polar surface area (TPSA) is 63.0 Å². The molecule has 0 amide bonds. The van der Waals surface area contributed by atoms with Crippen molar-refractivity contribution in [2.75, 3.05) is 11.9 Å². The molecule has 25 heavy (non-hydrogen) atoms. The molecule has 1 heterocycles. The van der Waals surface area contributed by atoms with Gasteiger partial charge >= 0.3 is 0 Å². The van der Waals surface area contributed by atoms with Crippen LogP contribution >= 0.6 is 0 Å². The van der Waals surface area contributed by atoms with Gasteiger partial charge in [0.2, 0.25) is 0 Å². The van der Waals surface area contributed by atoms with Crippen molar-refractivity contribution in [2.24, 2.45) is 5.92 Å². The number of phenols is 1. The molecule has 1 atom stereocenters. The summed E-state index contributed by atoms with van der Waals surface area (Å²) < 4.78 is 0. The van der Waals surface area contributed by atoms with Crippen molar-refractivity contribution >= 4 is 16.7 Å². The summed E-state index contributed by atoms with van der Waals surface area (Å²) in [5.74, 6) is 0.840. The molecule has 3 aromatic rings. The summed E-state index contributed by atoms with van der Waals surface area (Å²) in [6.45, 7) is 5.39. The van der Waals surface area contributed by atoms with Crippen LogP contribution in [-0.2, 0) is 0 Å². The lowest BCUT2D eigenvalue weighted by Gasteiger charge is -2.16. The monoisotopic (exact) mass is 338 g/mol. The highest BCUT2D eigenvalue weighted by molar-refractivity contribution is 5.73. The molecule has 0 aliphatic rings. The Morgan fingerprint density at radius 3 is 2.40 bits per heavy atom. The van der Waals surface area contributed by atoms with Crippen LogP contribution in [-0.4, -0.2) is 26.6 Å². The smallest absolute Gasteiger partial charge is 0.145 e. The van der Waals surface area contributed by atoms with Crippen molar-refractivity contribution in [2.45, 2.75) is 39.5 Å². The normalized spacial score (nSPS) is 12.4. The molecule has 132 valence electrons. The van der Waals surface area contributed by atoms with Crippen LogP contribution in [0.5, 0.6) is 5.75 Å². The minimum absolute atomic E-state index is 0.173. The van der Waals surface area contributed by atoms with Gasteiger partial charge in [-0.2, -0.15) is 0 Å². The number of aromatic hydroxyl groups is 1. The van der Waals surface area contributed by atoms with E-state index in [0.717, 1.165) is 23.3 Å². The van der Waals surface area contributed by atoms with Crippen LogP contribution < -0.4 is 5.32 Å². The van der Waals surface area contributed by atoms with Crippen LogP contribution in [0.2, 0.25) is 0 Å². The molecular formula is C20H26N4O. The molecule has 5 heteroatoms. The Morgan fingerprint density at radius 1 is 1.08 bits per heavy atom. The minimum Gasteiger partial charge on any atom is -0.506 e. The number of fused-ring (bicyclic) bond motifs is 1. The second-order valence-corrected chi connectivity index (χ2v) is 6.48. The number of nitrogens with zero attached hydrogens (tertiary/aromatic N) is 3. The fourth-order valence-corrected chi connectivity index (χ4v) is 2.98. The molecule has 1 unspecified atom stereocenters. The first-order valence-electron chi connectivity index (χ1n) is 9.10. The van der Waals surface area contributed by atoms with Gasteiger partial charge in [0.25, 0.3) is 0 Å². The lowest BCUT2D eigenvalue weighted by atomic mass is 9.99. The summed E-state index contributed by atoms with van der Waals surface area (Å²) in [4.78, 5) is 1.49. The first-order valence-corrected chi connectivity index (χ1v) is 9.10. The van der Waals surface area contributed by atoms with Crippen LogP contribution in [0.3, 0.4) is 0 Å². The molecule has 5 nitrogen and oxygen atoms in total. The Morgan fingerprint density at radius 2 is 1.80 bits per heavy atom. The van der Waals surface area contributed by atoms with Crippen molar-refractivity contribution in [3.63, 3.8) is 0 Å². The van der Waals surface area contributed by atoms with Crippen LogP contribution in [0.25, 0.3) is 16.7 Å². The standard InChI is InChI=1S/C20H26N4O/c1-3-5-8-15(4-2)14-21-16-11-12-19(20(25)13-16)24-22-17-9-6-7-10-18(17)23-24/h6-7,9-13,15,21,25H,3-5,8,14H2,1-2H3. The van der Waals surface area contributed by atoms with Crippen LogP contribution in [0.4, 0.5) is 5.69 Å². The summed E-state index contributed by atoms with van der Waals surface area (Å²) in [6.07, 6.45) is 4.91. The second-order valence-electron chi connectivity index (χ2n) is 6.48. The van der Waals surface area contributed by atoms with Gasteiger partial charge in [-0.1, -0.05) is 45.2 Å². The number of benzene rings is 2. The molecule has 0 radical (unpaired) electrons. The lowest BCUT2D eigenvalue weighted by Crippen LogP contribution is -2.13. The minimum atomic E-state index is 0.173. The van der Waals surface area contributed by atoms with Crippen molar-refractivity contribution < 1.29 is 5.11 Å². The first kappa shape index (κ1) is 17.3. The third kappa shape index (κ3) is 4.10. The maximum atomic E-state index is 10.4. The Kier molecular flexibility index (Phi) is 5.53. The number of phenolic OH excluding ortho intramolecular Hbond substituents is 1. The maximum Gasteiger partial charge on any atom is 0.145 e. The van der Waals surface area contributed by atoms with Crippen molar-refractivity contribution in [1.82, 2.24) is 15.0 Å². The molecular weight excluding hydrogens is 312 g/mol. The SMILES string of the molecule is CCCCC(CC)CNc1ccc(-n2nc3ccccc3n2)c(O)c1.